The molecule has 9 heteroatoms. The van der Waals surface area contributed by atoms with Crippen LogP contribution in [-0.4, -0.2) is 33.1 Å². The number of benzene rings is 2. The van der Waals surface area contributed by atoms with Crippen LogP contribution < -0.4 is 15.8 Å². The summed E-state index contributed by atoms with van der Waals surface area (Å²) in [5.74, 6) is -0.185. The second-order valence-corrected chi connectivity index (χ2v) is 10.4. The number of carbonyl (C=O) groups excluding carboxylic acids is 1. The van der Waals surface area contributed by atoms with Gasteiger partial charge >= 0.3 is 0 Å². The third kappa shape index (κ3) is 6.73. The number of nitrogens with one attached hydrogen (secondary N) is 1. The van der Waals surface area contributed by atoms with E-state index in [2.05, 4.69) is 15.3 Å². The summed E-state index contributed by atoms with van der Waals surface area (Å²) in [7, 11) is -1.17. The van der Waals surface area contributed by atoms with Crippen molar-refractivity contribution in [2.75, 3.05) is 6.26 Å². The highest BCUT2D eigenvalue weighted by atomic mass is 32.2. The zero-order valence-electron chi connectivity index (χ0n) is 20.4. The number of carbonyl (C=O) groups is 1. The maximum absolute atomic E-state index is 15.2. The van der Waals surface area contributed by atoms with E-state index >= 15 is 4.39 Å². The molecule has 0 radical (unpaired) electrons. The molecule has 1 heterocycles. The molecule has 1 aromatic heterocycles. The normalized spacial score (nSPS) is 13.3. The van der Waals surface area contributed by atoms with Crippen LogP contribution in [0, 0.1) is 12.7 Å². The van der Waals surface area contributed by atoms with Gasteiger partial charge in [0.1, 0.15) is 17.3 Å². The third-order valence-corrected chi connectivity index (χ3v) is 5.96. The number of pyridine rings is 1. The van der Waals surface area contributed by atoms with Gasteiger partial charge < -0.3 is 15.8 Å². The van der Waals surface area contributed by atoms with Gasteiger partial charge in [-0.1, -0.05) is 6.07 Å². The number of rotatable bonds is 7. The summed E-state index contributed by atoms with van der Waals surface area (Å²) in [5, 5.41) is 3.31. The molecule has 35 heavy (non-hydrogen) atoms. The van der Waals surface area contributed by atoms with E-state index in [-0.39, 0.29) is 23.1 Å². The molecule has 1 unspecified atom stereocenters. The lowest BCUT2D eigenvalue weighted by atomic mass is 10.1. The summed E-state index contributed by atoms with van der Waals surface area (Å²) >= 11 is 0. The number of hydrogen-bond acceptors (Lipinski definition) is 6. The van der Waals surface area contributed by atoms with Gasteiger partial charge in [0, 0.05) is 51.5 Å². The number of ether oxygens (including phenoxy) is 1. The maximum atomic E-state index is 15.2. The van der Waals surface area contributed by atoms with Crippen LogP contribution in [0.1, 0.15) is 31.9 Å². The largest absolute Gasteiger partial charge is 0.456 e. The van der Waals surface area contributed by atoms with Crippen molar-refractivity contribution < 1.29 is 18.1 Å². The number of nitrogens with zero attached hydrogens (tertiary/aromatic N) is 2. The number of nitrogens with two attached hydrogens (primary N) is 1. The molecule has 3 N–H and O–H groups in total. The van der Waals surface area contributed by atoms with Crippen LogP contribution in [0.3, 0.4) is 0 Å². The minimum atomic E-state index is -1.17. The summed E-state index contributed by atoms with van der Waals surface area (Å²) in [6.07, 6.45) is 5.73. The van der Waals surface area contributed by atoms with Crippen LogP contribution >= 0.6 is 0 Å². The van der Waals surface area contributed by atoms with Crippen LogP contribution in [0.4, 0.5) is 4.39 Å². The van der Waals surface area contributed by atoms with Gasteiger partial charge in [0.25, 0.3) is 0 Å². The van der Waals surface area contributed by atoms with Crippen molar-refractivity contribution in [3.8, 4) is 11.5 Å². The molecular formula is C26H29FN4O3S. The van der Waals surface area contributed by atoms with E-state index in [0.29, 0.717) is 33.0 Å². The molecule has 0 bridgehead atoms. The first-order chi connectivity index (χ1) is 16.5. The van der Waals surface area contributed by atoms with Gasteiger partial charge in [-0.15, -0.1) is 0 Å². The Labute approximate surface area is 206 Å². The van der Waals surface area contributed by atoms with Crippen molar-refractivity contribution in [3.63, 3.8) is 0 Å². The predicted molar refractivity (Wildman–Crippen MR) is 138 cm³/mol. The maximum Gasteiger partial charge on any atom is 0.228 e. The van der Waals surface area contributed by atoms with Crippen LogP contribution in [0.5, 0.6) is 11.5 Å². The summed E-state index contributed by atoms with van der Waals surface area (Å²) < 4.78 is 33.1. The molecule has 1 atom stereocenters. The van der Waals surface area contributed by atoms with E-state index in [0.717, 1.165) is 0 Å². The second kappa shape index (κ2) is 10.8. The Kier molecular flexibility index (Phi) is 8.01. The second-order valence-electron chi connectivity index (χ2n) is 8.98. The van der Waals surface area contributed by atoms with Crippen LogP contribution in [-0.2, 0) is 22.0 Å². The zero-order valence-corrected chi connectivity index (χ0v) is 21.2. The Morgan fingerprint density at radius 2 is 1.97 bits per heavy atom. The number of hydrogen-bond donors (Lipinski definition) is 2. The molecule has 1 amide bonds. The standard InChI is InChI=1S/C26H29FN4O3S/c1-16-22(34-23-10-11-29-21-8-7-19(35(5)33)13-20(21)23)9-6-17(25(16)27)12-24(32)31-18(14-28)15-30-26(2,3)4/h6-11,13-15H,12,28H2,1-5H3,(H,31,32)/b18-14+,30-15?. The number of aromatic nitrogens is 1. The summed E-state index contributed by atoms with van der Waals surface area (Å²) in [4.78, 5) is 21.7. The van der Waals surface area contributed by atoms with Crippen LogP contribution in [0.25, 0.3) is 10.9 Å². The monoisotopic (exact) mass is 496 g/mol. The smallest absolute Gasteiger partial charge is 0.228 e. The Morgan fingerprint density at radius 3 is 2.63 bits per heavy atom. The molecule has 3 aromatic rings. The fourth-order valence-corrected chi connectivity index (χ4v) is 3.76. The van der Waals surface area contributed by atoms with E-state index in [1.54, 1.807) is 49.7 Å². The highest BCUT2D eigenvalue weighted by molar-refractivity contribution is 7.84. The highest BCUT2D eigenvalue weighted by Gasteiger charge is 2.16. The molecule has 2 aromatic carbocycles. The Morgan fingerprint density at radius 1 is 1.23 bits per heavy atom. The molecule has 0 fully saturated rings. The van der Waals surface area contributed by atoms with E-state index in [4.69, 9.17) is 10.5 Å². The predicted octanol–water partition coefficient (Wildman–Crippen LogP) is 4.54. The number of fused-ring (bicyclic) bond motifs is 1. The van der Waals surface area contributed by atoms with E-state index in [1.165, 1.54) is 18.5 Å². The molecule has 0 saturated carbocycles. The Balaban J connectivity index is 1.81. The lowest BCUT2D eigenvalue weighted by Gasteiger charge is -2.14. The van der Waals surface area contributed by atoms with Gasteiger partial charge in [0.2, 0.25) is 5.91 Å². The number of amides is 1. The van der Waals surface area contributed by atoms with Crippen LogP contribution in [0.2, 0.25) is 0 Å². The molecular weight excluding hydrogens is 467 g/mol. The molecule has 0 aliphatic rings. The van der Waals surface area contributed by atoms with Gasteiger partial charge in [0.05, 0.1) is 23.2 Å². The summed E-state index contributed by atoms with van der Waals surface area (Å²) in [6.45, 7) is 7.34. The first kappa shape index (κ1) is 26.0. The van der Waals surface area contributed by atoms with Crippen molar-refractivity contribution in [2.45, 2.75) is 44.6 Å². The lowest BCUT2D eigenvalue weighted by molar-refractivity contribution is -0.119. The SMILES string of the molecule is Cc1c(Oc2ccnc3ccc(S(C)=O)cc23)ccc(CC(=O)N/C(C=NC(C)(C)C)=C/N)c1F. The van der Waals surface area contributed by atoms with E-state index in [1.807, 2.05) is 20.8 Å². The van der Waals surface area contributed by atoms with Gasteiger partial charge in [0.15, 0.2) is 0 Å². The summed E-state index contributed by atoms with van der Waals surface area (Å²) in [5.41, 5.74) is 6.74. The fourth-order valence-electron chi connectivity index (χ4n) is 3.22. The van der Waals surface area contributed by atoms with Crippen molar-refractivity contribution in [2.24, 2.45) is 10.7 Å². The number of halogens is 1. The molecule has 0 spiro atoms. The van der Waals surface area contributed by atoms with Gasteiger partial charge in [-0.3, -0.25) is 19.0 Å². The average Bonchev–Trinajstić information content (AvgIpc) is 2.80. The van der Waals surface area contributed by atoms with Crippen molar-refractivity contribution >= 4 is 33.8 Å². The zero-order chi connectivity index (χ0) is 25.8. The third-order valence-electron chi connectivity index (χ3n) is 5.05. The minimum Gasteiger partial charge on any atom is -0.456 e. The van der Waals surface area contributed by atoms with Crippen molar-refractivity contribution in [3.05, 3.63) is 71.4 Å². The van der Waals surface area contributed by atoms with Crippen molar-refractivity contribution in [1.82, 2.24) is 10.3 Å². The van der Waals surface area contributed by atoms with Gasteiger partial charge in [-0.2, -0.15) is 0 Å². The van der Waals surface area contributed by atoms with E-state index in [9.17, 15) is 9.00 Å². The molecule has 0 aliphatic heterocycles. The topological polar surface area (TPSA) is 107 Å². The van der Waals surface area contributed by atoms with Gasteiger partial charge in [-0.05, 0) is 63.6 Å². The van der Waals surface area contributed by atoms with Crippen molar-refractivity contribution in [1.29, 1.82) is 0 Å². The minimum absolute atomic E-state index is 0.183. The molecule has 3 rings (SSSR count). The van der Waals surface area contributed by atoms with E-state index < -0.39 is 22.5 Å². The lowest BCUT2D eigenvalue weighted by Crippen LogP contribution is -2.27. The fraction of sp³-hybridized carbons (Fsp3) is 0.269. The molecule has 0 saturated heterocycles. The van der Waals surface area contributed by atoms with Gasteiger partial charge in [-0.25, -0.2) is 4.39 Å². The molecule has 184 valence electrons. The molecule has 0 aliphatic carbocycles. The first-order valence-electron chi connectivity index (χ1n) is 10.9. The first-order valence-corrected chi connectivity index (χ1v) is 12.5. The highest BCUT2D eigenvalue weighted by Crippen LogP contribution is 2.33. The number of allylic oxidation sites excluding steroid dienone is 1. The number of aliphatic imine (C=N–C) groups is 1. The Bertz CT molecular complexity index is 1350. The average molecular weight is 497 g/mol. The Hall–Kier alpha value is -3.59. The summed E-state index contributed by atoms with van der Waals surface area (Å²) in [6, 6.07) is 10.1. The molecule has 7 nitrogen and oxygen atoms in total. The van der Waals surface area contributed by atoms with Crippen LogP contribution in [0.15, 0.2) is 64.4 Å². The quantitative estimate of drug-likeness (QED) is 0.467.